The molecule has 1 aromatic carbocycles. The van der Waals surface area contributed by atoms with Gasteiger partial charge >= 0.3 is 5.97 Å². The second kappa shape index (κ2) is 9.49. The number of hydrogen-bond acceptors (Lipinski definition) is 5. The Balaban J connectivity index is 1.69. The van der Waals surface area contributed by atoms with Crippen LogP contribution in [0.15, 0.2) is 24.3 Å². The SMILES string of the molecule is CCOC(=O)C1CC[NH+](C[C@H](O)COc2cccc(OC)c2)CC1. The van der Waals surface area contributed by atoms with Crippen molar-refractivity contribution in [3.05, 3.63) is 24.3 Å². The summed E-state index contributed by atoms with van der Waals surface area (Å²) in [5.74, 6) is 1.34. The molecule has 1 aliphatic heterocycles. The van der Waals surface area contributed by atoms with Crippen LogP contribution in [-0.4, -0.2) is 57.1 Å². The lowest BCUT2D eigenvalue weighted by Crippen LogP contribution is -3.14. The highest BCUT2D eigenvalue weighted by Gasteiger charge is 2.29. The van der Waals surface area contributed by atoms with Gasteiger partial charge in [0.1, 0.15) is 30.8 Å². The number of hydrogen-bond donors (Lipinski definition) is 2. The molecule has 1 fully saturated rings. The van der Waals surface area contributed by atoms with E-state index >= 15 is 0 Å². The molecule has 6 heteroatoms. The number of carbonyl (C=O) groups excluding carboxylic acids is 1. The van der Waals surface area contributed by atoms with Crippen molar-refractivity contribution >= 4 is 5.97 Å². The number of esters is 1. The average molecular weight is 338 g/mol. The first-order valence-electron chi connectivity index (χ1n) is 8.57. The minimum Gasteiger partial charge on any atom is -0.497 e. The predicted molar refractivity (Wildman–Crippen MR) is 89.4 cm³/mol. The molecule has 6 nitrogen and oxygen atoms in total. The van der Waals surface area contributed by atoms with Gasteiger partial charge in [-0.1, -0.05) is 6.07 Å². The van der Waals surface area contributed by atoms with Gasteiger partial charge in [-0.15, -0.1) is 0 Å². The van der Waals surface area contributed by atoms with Crippen molar-refractivity contribution in [1.29, 1.82) is 0 Å². The van der Waals surface area contributed by atoms with E-state index in [2.05, 4.69) is 0 Å². The molecule has 2 rings (SSSR count). The minimum atomic E-state index is -0.537. The fourth-order valence-electron chi connectivity index (χ4n) is 3.00. The number of quaternary nitrogens is 1. The van der Waals surface area contributed by atoms with E-state index < -0.39 is 6.10 Å². The fourth-order valence-corrected chi connectivity index (χ4v) is 3.00. The second-order valence-electron chi connectivity index (χ2n) is 6.12. The van der Waals surface area contributed by atoms with E-state index in [-0.39, 0.29) is 18.5 Å². The molecule has 2 N–H and O–H groups in total. The van der Waals surface area contributed by atoms with Gasteiger partial charge in [-0.25, -0.2) is 0 Å². The maximum atomic E-state index is 11.7. The van der Waals surface area contributed by atoms with Gasteiger partial charge in [0.25, 0.3) is 0 Å². The van der Waals surface area contributed by atoms with Crippen molar-refractivity contribution in [2.24, 2.45) is 5.92 Å². The smallest absolute Gasteiger partial charge is 0.309 e. The Kier molecular flexibility index (Phi) is 7.34. The number of likely N-dealkylation sites (tertiary alicyclic amines) is 1. The molecular weight excluding hydrogens is 310 g/mol. The number of methoxy groups -OCH3 is 1. The molecule has 0 unspecified atom stereocenters. The molecule has 1 heterocycles. The standard InChI is InChI=1S/C18H27NO5/c1-3-23-18(21)14-7-9-19(10-8-14)12-15(20)13-24-17-6-4-5-16(11-17)22-2/h4-6,11,14-15,20H,3,7-10,12-13H2,1-2H3/p+1/t15-/m0/s1. The molecule has 1 aromatic rings. The van der Waals surface area contributed by atoms with E-state index in [9.17, 15) is 9.90 Å². The molecule has 1 aliphatic rings. The van der Waals surface area contributed by atoms with E-state index in [0.29, 0.717) is 18.9 Å². The summed E-state index contributed by atoms with van der Waals surface area (Å²) in [7, 11) is 1.61. The molecule has 0 bridgehead atoms. The van der Waals surface area contributed by atoms with Crippen molar-refractivity contribution in [1.82, 2.24) is 0 Å². The number of ether oxygens (including phenoxy) is 3. The lowest BCUT2D eigenvalue weighted by Gasteiger charge is -2.29. The summed E-state index contributed by atoms with van der Waals surface area (Å²) in [6.45, 7) is 4.89. The Labute approximate surface area is 143 Å². The van der Waals surface area contributed by atoms with Gasteiger partial charge in [0.05, 0.1) is 32.7 Å². The minimum absolute atomic E-state index is 0.0128. The highest BCUT2D eigenvalue weighted by atomic mass is 16.5. The van der Waals surface area contributed by atoms with Crippen LogP contribution < -0.4 is 14.4 Å². The van der Waals surface area contributed by atoms with Crippen molar-refractivity contribution < 1.29 is 29.0 Å². The van der Waals surface area contributed by atoms with Gasteiger partial charge in [-0.3, -0.25) is 4.79 Å². The summed E-state index contributed by atoms with van der Waals surface area (Å²) in [6, 6.07) is 7.34. The number of nitrogens with one attached hydrogen (secondary N) is 1. The topological polar surface area (TPSA) is 69.4 Å². The molecule has 1 saturated heterocycles. The zero-order chi connectivity index (χ0) is 17.4. The first-order chi connectivity index (χ1) is 11.6. The van der Waals surface area contributed by atoms with Gasteiger partial charge in [-0.05, 0) is 19.1 Å². The summed E-state index contributed by atoms with van der Waals surface area (Å²) in [4.78, 5) is 13.0. The normalized spacial score (nSPS) is 21.8. The highest BCUT2D eigenvalue weighted by molar-refractivity contribution is 5.72. The van der Waals surface area contributed by atoms with Gasteiger partial charge in [0.15, 0.2) is 0 Å². The fraction of sp³-hybridized carbons (Fsp3) is 0.611. The summed E-state index contributed by atoms with van der Waals surface area (Å²) in [6.07, 6.45) is 1.10. The highest BCUT2D eigenvalue weighted by Crippen LogP contribution is 2.18. The van der Waals surface area contributed by atoms with Crippen LogP contribution in [0.2, 0.25) is 0 Å². The van der Waals surface area contributed by atoms with Crippen molar-refractivity contribution in [2.45, 2.75) is 25.9 Å². The van der Waals surface area contributed by atoms with Gasteiger partial charge in [0.2, 0.25) is 0 Å². The number of rotatable bonds is 8. The molecule has 0 radical (unpaired) electrons. The predicted octanol–water partition coefficient (Wildman–Crippen LogP) is 0.293. The first kappa shape index (κ1) is 18.5. The Morgan fingerprint density at radius 3 is 2.71 bits per heavy atom. The molecule has 24 heavy (non-hydrogen) atoms. The Bertz CT molecular complexity index is 514. The molecule has 0 aliphatic carbocycles. The molecule has 0 spiro atoms. The van der Waals surface area contributed by atoms with Gasteiger partial charge in [-0.2, -0.15) is 0 Å². The molecule has 134 valence electrons. The molecule has 1 atom stereocenters. The van der Waals surface area contributed by atoms with E-state index in [4.69, 9.17) is 14.2 Å². The van der Waals surface area contributed by atoms with Crippen LogP contribution in [-0.2, 0) is 9.53 Å². The molecule has 0 aromatic heterocycles. The maximum absolute atomic E-state index is 11.7. The van der Waals surface area contributed by atoms with Crippen LogP contribution in [0.5, 0.6) is 11.5 Å². The Morgan fingerprint density at radius 1 is 1.33 bits per heavy atom. The van der Waals surface area contributed by atoms with Crippen LogP contribution >= 0.6 is 0 Å². The summed E-state index contributed by atoms with van der Waals surface area (Å²) >= 11 is 0. The van der Waals surface area contributed by atoms with Crippen LogP contribution in [0.25, 0.3) is 0 Å². The lowest BCUT2D eigenvalue weighted by atomic mass is 9.97. The van der Waals surface area contributed by atoms with E-state index in [0.717, 1.165) is 31.7 Å². The summed E-state index contributed by atoms with van der Waals surface area (Å²) in [5, 5.41) is 10.2. The number of benzene rings is 1. The quantitative estimate of drug-likeness (QED) is 0.667. The van der Waals surface area contributed by atoms with Gasteiger partial charge < -0.3 is 24.2 Å². The monoisotopic (exact) mass is 338 g/mol. The largest absolute Gasteiger partial charge is 0.497 e. The van der Waals surface area contributed by atoms with Gasteiger partial charge in [0, 0.05) is 18.9 Å². The lowest BCUT2D eigenvalue weighted by molar-refractivity contribution is -0.908. The van der Waals surface area contributed by atoms with E-state index in [1.165, 1.54) is 4.90 Å². The zero-order valence-corrected chi connectivity index (χ0v) is 14.5. The number of aliphatic hydroxyl groups is 1. The van der Waals surface area contributed by atoms with Crippen LogP contribution in [0.4, 0.5) is 0 Å². The summed E-state index contributed by atoms with van der Waals surface area (Å²) < 4.78 is 15.8. The average Bonchev–Trinajstić information content (AvgIpc) is 2.61. The first-order valence-corrected chi connectivity index (χ1v) is 8.57. The van der Waals surface area contributed by atoms with Crippen LogP contribution in [0, 0.1) is 5.92 Å². The molecule has 0 saturated carbocycles. The van der Waals surface area contributed by atoms with Crippen LogP contribution in [0.1, 0.15) is 19.8 Å². The number of carbonyl (C=O) groups is 1. The zero-order valence-electron chi connectivity index (χ0n) is 14.5. The molecule has 0 amide bonds. The molecular formula is C18H28NO5+. The van der Waals surface area contributed by atoms with E-state index in [1.54, 1.807) is 13.2 Å². The maximum Gasteiger partial charge on any atom is 0.309 e. The third kappa shape index (κ3) is 5.69. The number of aliphatic hydroxyl groups excluding tert-OH is 1. The summed E-state index contributed by atoms with van der Waals surface area (Å²) in [5.41, 5.74) is 0. The van der Waals surface area contributed by atoms with Crippen molar-refractivity contribution in [2.75, 3.05) is 40.0 Å². The van der Waals surface area contributed by atoms with E-state index in [1.807, 2.05) is 25.1 Å². The number of piperidine rings is 1. The third-order valence-corrected chi connectivity index (χ3v) is 4.32. The second-order valence-corrected chi connectivity index (χ2v) is 6.12. The van der Waals surface area contributed by atoms with Crippen molar-refractivity contribution in [3.8, 4) is 11.5 Å². The van der Waals surface area contributed by atoms with Crippen molar-refractivity contribution in [3.63, 3.8) is 0 Å². The third-order valence-electron chi connectivity index (χ3n) is 4.32. The Morgan fingerprint density at radius 2 is 2.04 bits per heavy atom. The Hall–Kier alpha value is -1.79. The van der Waals surface area contributed by atoms with Crippen LogP contribution in [0.3, 0.4) is 0 Å².